The molecule has 0 bridgehead atoms. The lowest BCUT2D eigenvalue weighted by molar-refractivity contribution is 0.102. The lowest BCUT2D eigenvalue weighted by atomic mass is 10.2. The Morgan fingerprint density at radius 2 is 1.95 bits per heavy atom. The molecule has 2 rings (SSSR count). The van der Waals surface area contributed by atoms with Gasteiger partial charge < -0.3 is 10.2 Å². The van der Waals surface area contributed by atoms with Crippen molar-refractivity contribution in [3.63, 3.8) is 0 Å². The Hall–Kier alpha value is -2.21. The molecule has 20 heavy (non-hydrogen) atoms. The number of nitrogens with one attached hydrogen (secondary N) is 1. The molecule has 5 nitrogen and oxygen atoms in total. The maximum absolute atomic E-state index is 13.6. The van der Waals surface area contributed by atoms with Gasteiger partial charge in [-0.2, -0.15) is 0 Å². The van der Waals surface area contributed by atoms with Gasteiger partial charge in [0.05, 0.1) is 28.7 Å². The number of carbonyl (C=O) groups excluding carboxylic acids is 1. The Morgan fingerprint density at radius 1 is 1.30 bits per heavy atom. The summed E-state index contributed by atoms with van der Waals surface area (Å²) in [5.41, 5.74) is 0.158. The minimum atomic E-state index is -0.680. The van der Waals surface area contributed by atoms with Crippen molar-refractivity contribution >= 4 is 29.1 Å². The number of nitrogens with zero attached hydrogens (tertiary/aromatic N) is 3. The molecular weight excluding hydrogens is 283 g/mol. The van der Waals surface area contributed by atoms with E-state index < -0.39 is 11.7 Å². The van der Waals surface area contributed by atoms with Crippen LogP contribution in [0.25, 0.3) is 0 Å². The molecule has 1 heterocycles. The number of benzene rings is 1. The van der Waals surface area contributed by atoms with Crippen LogP contribution in [-0.4, -0.2) is 30.0 Å². The highest BCUT2D eigenvalue weighted by molar-refractivity contribution is 6.34. The first-order valence-electron chi connectivity index (χ1n) is 5.74. The highest BCUT2D eigenvalue weighted by Gasteiger charge is 2.16. The third-order valence-corrected chi connectivity index (χ3v) is 2.80. The molecule has 104 valence electrons. The standard InChI is InChI=1S/C13H12ClFN4O/c1-19(2)13-16-6-8(7-17-13)18-12(20)11-9(14)4-3-5-10(11)15/h3-7H,1-2H3,(H,18,20). The van der Waals surface area contributed by atoms with E-state index >= 15 is 0 Å². The summed E-state index contributed by atoms with van der Waals surface area (Å²) in [5, 5.41) is 2.55. The second-order valence-electron chi connectivity index (χ2n) is 4.22. The van der Waals surface area contributed by atoms with E-state index in [1.165, 1.54) is 30.6 Å². The van der Waals surface area contributed by atoms with Crippen LogP contribution in [0.2, 0.25) is 5.02 Å². The van der Waals surface area contributed by atoms with Gasteiger partial charge in [-0.15, -0.1) is 0 Å². The van der Waals surface area contributed by atoms with E-state index in [1.54, 1.807) is 19.0 Å². The van der Waals surface area contributed by atoms with Crippen molar-refractivity contribution in [2.75, 3.05) is 24.3 Å². The van der Waals surface area contributed by atoms with Crippen molar-refractivity contribution in [2.45, 2.75) is 0 Å². The largest absolute Gasteiger partial charge is 0.347 e. The Bertz CT molecular complexity index is 611. The highest BCUT2D eigenvalue weighted by atomic mass is 35.5. The van der Waals surface area contributed by atoms with Crippen LogP contribution in [0.15, 0.2) is 30.6 Å². The molecular formula is C13H12ClFN4O. The number of aromatic nitrogens is 2. The van der Waals surface area contributed by atoms with Gasteiger partial charge in [-0.1, -0.05) is 17.7 Å². The fourth-order valence-electron chi connectivity index (χ4n) is 1.53. The first kappa shape index (κ1) is 14.2. The summed E-state index contributed by atoms with van der Waals surface area (Å²) in [6.07, 6.45) is 2.88. The van der Waals surface area contributed by atoms with Gasteiger partial charge in [0, 0.05) is 14.1 Å². The number of hydrogen-bond donors (Lipinski definition) is 1. The molecule has 0 aliphatic heterocycles. The molecule has 1 amide bonds. The Balaban J connectivity index is 2.19. The van der Waals surface area contributed by atoms with Crippen LogP contribution in [0, 0.1) is 5.82 Å². The minimum Gasteiger partial charge on any atom is -0.347 e. The average molecular weight is 295 g/mol. The summed E-state index contributed by atoms with van der Waals surface area (Å²) in [5.74, 6) is -0.818. The van der Waals surface area contributed by atoms with Gasteiger partial charge in [0.1, 0.15) is 5.82 Å². The van der Waals surface area contributed by atoms with Crippen LogP contribution in [0.5, 0.6) is 0 Å². The summed E-state index contributed by atoms with van der Waals surface area (Å²) in [7, 11) is 3.60. The number of amides is 1. The Kier molecular flexibility index (Phi) is 4.14. The molecule has 0 spiro atoms. The maximum Gasteiger partial charge on any atom is 0.260 e. The average Bonchev–Trinajstić information content (AvgIpc) is 2.39. The normalized spacial score (nSPS) is 10.2. The molecule has 1 aromatic carbocycles. The van der Waals surface area contributed by atoms with E-state index in [9.17, 15) is 9.18 Å². The Labute approximate surface area is 120 Å². The summed E-state index contributed by atoms with van der Waals surface area (Å²) in [6.45, 7) is 0. The lowest BCUT2D eigenvalue weighted by Gasteiger charge is -2.11. The van der Waals surface area contributed by atoms with Gasteiger partial charge in [-0.3, -0.25) is 4.79 Å². The quantitative estimate of drug-likeness (QED) is 0.945. The Morgan fingerprint density at radius 3 is 2.50 bits per heavy atom. The van der Waals surface area contributed by atoms with E-state index in [4.69, 9.17) is 11.6 Å². The SMILES string of the molecule is CN(C)c1ncc(NC(=O)c2c(F)cccc2Cl)cn1. The zero-order valence-corrected chi connectivity index (χ0v) is 11.6. The summed E-state index contributed by atoms with van der Waals surface area (Å²) < 4.78 is 13.6. The van der Waals surface area contributed by atoms with Gasteiger partial charge in [0.25, 0.3) is 5.91 Å². The topological polar surface area (TPSA) is 58.1 Å². The van der Waals surface area contributed by atoms with E-state index in [0.29, 0.717) is 11.6 Å². The molecule has 1 N–H and O–H groups in total. The number of halogens is 2. The fourth-order valence-corrected chi connectivity index (χ4v) is 1.77. The van der Waals surface area contributed by atoms with Crippen molar-refractivity contribution in [3.8, 4) is 0 Å². The van der Waals surface area contributed by atoms with Crippen LogP contribution in [0.4, 0.5) is 16.0 Å². The molecule has 7 heteroatoms. The number of rotatable bonds is 3. The van der Waals surface area contributed by atoms with Crippen LogP contribution in [-0.2, 0) is 0 Å². The third-order valence-electron chi connectivity index (χ3n) is 2.49. The first-order chi connectivity index (χ1) is 9.49. The first-order valence-corrected chi connectivity index (χ1v) is 6.11. The maximum atomic E-state index is 13.6. The molecule has 0 aliphatic carbocycles. The minimum absolute atomic E-state index is 0.0494. The van der Waals surface area contributed by atoms with E-state index in [1.807, 2.05) is 0 Å². The van der Waals surface area contributed by atoms with Crippen molar-refractivity contribution in [1.82, 2.24) is 9.97 Å². The molecule has 1 aromatic heterocycles. The van der Waals surface area contributed by atoms with Gasteiger partial charge in [0.15, 0.2) is 0 Å². The number of anilines is 2. The summed E-state index contributed by atoms with van der Waals surface area (Å²) >= 11 is 5.82. The predicted octanol–water partition coefficient (Wildman–Crippen LogP) is 2.59. The zero-order chi connectivity index (χ0) is 14.7. The molecule has 0 saturated carbocycles. The molecule has 0 atom stereocenters. The number of hydrogen-bond acceptors (Lipinski definition) is 4. The van der Waals surface area contributed by atoms with Gasteiger partial charge in [-0.25, -0.2) is 14.4 Å². The zero-order valence-electron chi connectivity index (χ0n) is 10.9. The summed E-state index contributed by atoms with van der Waals surface area (Å²) in [4.78, 5) is 21.8. The predicted molar refractivity (Wildman–Crippen MR) is 75.7 cm³/mol. The molecule has 0 radical (unpaired) electrons. The van der Waals surface area contributed by atoms with Crippen LogP contribution >= 0.6 is 11.6 Å². The fraction of sp³-hybridized carbons (Fsp3) is 0.154. The van der Waals surface area contributed by atoms with Crippen molar-refractivity contribution in [1.29, 1.82) is 0 Å². The lowest BCUT2D eigenvalue weighted by Crippen LogP contribution is -2.16. The molecule has 0 saturated heterocycles. The molecule has 0 aliphatic rings. The van der Waals surface area contributed by atoms with Gasteiger partial charge in [-0.05, 0) is 12.1 Å². The molecule has 2 aromatic rings. The second kappa shape index (κ2) is 5.83. The van der Waals surface area contributed by atoms with Gasteiger partial charge >= 0.3 is 0 Å². The molecule has 0 unspecified atom stereocenters. The molecule has 0 fully saturated rings. The van der Waals surface area contributed by atoms with Crippen LogP contribution in [0.1, 0.15) is 10.4 Å². The van der Waals surface area contributed by atoms with E-state index in [-0.39, 0.29) is 10.6 Å². The summed E-state index contributed by atoms with van der Waals surface area (Å²) in [6, 6.07) is 4.06. The van der Waals surface area contributed by atoms with E-state index in [2.05, 4.69) is 15.3 Å². The highest BCUT2D eigenvalue weighted by Crippen LogP contribution is 2.20. The van der Waals surface area contributed by atoms with E-state index in [0.717, 1.165) is 0 Å². The third kappa shape index (κ3) is 3.03. The van der Waals surface area contributed by atoms with Gasteiger partial charge in [0.2, 0.25) is 5.95 Å². The number of carbonyl (C=O) groups is 1. The van der Waals surface area contributed by atoms with Crippen LogP contribution in [0.3, 0.4) is 0 Å². The van der Waals surface area contributed by atoms with Crippen LogP contribution < -0.4 is 10.2 Å². The van der Waals surface area contributed by atoms with Crippen molar-refractivity contribution < 1.29 is 9.18 Å². The van der Waals surface area contributed by atoms with Crippen molar-refractivity contribution in [3.05, 3.63) is 47.0 Å². The van der Waals surface area contributed by atoms with Crippen molar-refractivity contribution in [2.24, 2.45) is 0 Å². The smallest absolute Gasteiger partial charge is 0.260 e. The monoisotopic (exact) mass is 294 g/mol. The second-order valence-corrected chi connectivity index (χ2v) is 4.62.